The molecule has 0 unspecified atom stereocenters. The highest BCUT2D eigenvalue weighted by molar-refractivity contribution is 5.96. The van der Waals surface area contributed by atoms with Gasteiger partial charge in [0.05, 0.1) is 23.3 Å². The summed E-state index contributed by atoms with van der Waals surface area (Å²) in [6.45, 7) is 10.5. The Labute approximate surface area is 151 Å². The van der Waals surface area contributed by atoms with Crippen LogP contribution >= 0.6 is 0 Å². The Balaban J connectivity index is 1.91. The largest absolute Gasteiger partial charge is 0.459 e. The molecule has 0 N–H and O–H groups in total. The highest BCUT2D eigenvalue weighted by atomic mass is 16.6. The van der Waals surface area contributed by atoms with Gasteiger partial charge in [-0.1, -0.05) is 29.8 Å². The first kappa shape index (κ1) is 18.7. The summed E-state index contributed by atoms with van der Waals surface area (Å²) in [6, 6.07) is 11.6. The highest BCUT2D eigenvalue weighted by Gasteiger charge is 2.15. The molecular weight excluding hydrogens is 332 g/mol. The predicted octanol–water partition coefficient (Wildman–Crippen LogP) is 3.74. The lowest BCUT2D eigenvalue weighted by molar-refractivity contribution is 0.0266. The lowest BCUT2D eigenvalue weighted by Gasteiger charge is -2.09. The van der Waals surface area contributed by atoms with Gasteiger partial charge in [0.1, 0.15) is 19.3 Å². The van der Waals surface area contributed by atoms with E-state index in [2.05, 4.69) is 4.85 Å². The Morgan fingerprint density at radius 1 is 1.00 bits per heavy atom. The topological polar surface area (TPSA) is 80.8 Å². The van der Waals surface area contributed by atoms with Crippen LogP contribution in [0.2, 0.25) is 0 Å². The van der Waals surface area contributed by atoms with Gasteiger partial charge in [0.15, 0.2) is 0 Å². The van der Waals surface area contributed by atoms with Crippen LogP contribution in [-0.4, -0.2) is 25.2 Å². The molecule has 0 saturated carbocycles. The highest BCUT2D eigenvalue weighted by Crippen LogP contribution is 2.21. The van der Waals surface area contributed by atoms with Crippen LogP contribution in [0.25, 0.3) is 4.85 Å². The number of benzene rings is 2. The third-order valence-electron chi connectivity index (χ3n) is 3.56. The van der Waals surface area contributed by atoms with Crippen molar-refractivity contribution in [2.75, 3.05) is 13.2 Å². The molecule has 2 aromatic rings. The maximum Gasteiger partial charge on any atom is 0.339 e. The van der Waals surface area contributed by atoms with Crippen molar-refractivity contribution >= 4 is 17.6 Å². The molecule has 6 heteroatoms. The van der Waals surface area contributed by atoms with E-state index in [1.165, 1.54) is 12.1 Å². The lowest BCUT2D eigenvalue weighted by Crippen LogP contribution is -2.15. The van der Waals surface area contributed by atoms with Crippen molar-refractivity contribution in [2.45, 2.75) is 13.8 Å². The molecule has 26 heavy (non-hydrogen) atoms. The van der Waals surface area contributed by atoms with Crippen LogP contribution in [0.15, 0.2) is 36.4 Å². The molecule has 0 aliphatic carbocycles. The second-order valence-corrected chi connectivity index (χ2v) is 5.57. The van der Waals surface area contributed by atoms with Crippen molar-refractivity contribution < 1.29 is 19.1 Å². The molecule has 0 aromatic heterocycles. The Morgan fingerprint density at radius 3 is 2.12 bits per heavy atom. The summed E-state index contributed by atoms with van der Waals surface area (Å²) in [6.07, 6.45) is 0. The van der Waals surface area contributed by atoms with E-state index in [4.69, 9.17) is 21.3 Å². The molecule has 0 aliphatic heterocycles. The fourth-order valence-electron chi connectivity index (χ4n) is 2.26. The number of carbonyl (C=O) groups is 2. The minimum absolute atomic E-state index is 0.149. The zero-order valence-electron chi connectivity index (χ0n) is 14.4. The molecule has 0 radical (unpaired) electrons. The van der Waals surface area contributed by atoms with E-state index in [1.54, 1.807) is 24.3 Å². The molecule has 0 atom stereocenters. The monoisotopic (exact) mass is 348 g/mol. The van der Waals surface area contributed by atoms with Gasteiger partial charge in [-0.25, -0.2) is 14.4 Å². The van der Waals surface area contributed by atoms with E-state index < -0.39 is 11.9 Å². The predicted molar refractivity (Wildman–Crippen MR) is 93.9 cm³/mol. The minimum atomic E-state index is -0.658. The second-order valence-electron chi connectivity index (χ2n) is 5.57. The number of rotatable bonds is 5. The Bertz CT molecular complexity index is 858. The summed E-state index contributed by atoms with van der Waals surface area (Å²) >= 11 is 0. The smallest absolute Gasteiger partial charge is 0.339 e. The molecule has 0 heterocycles. The number of carbonyl (C=O) groups excluding carboxylic acids is 2. The van der Waals surface area contributed by atoms with Crippen molar-refractivity contribution in [2.24, 2.45) is 0 Å². The van der Waals surface area contributed by atoms with E-state index >= 15 is 0 Å². The van der Waals surface area contributed by atoms with Crippen LogP contribution in [0.4, 0.5) is 5.69 Å². The Kier molecular flexibility index (Phi) is 6.08. The van der Waals surface area contributed by atoms with Gasteiger partial charge in [-0.05, 0) is 31.5 Å². The third kappa shape index (κ3) is 4.46. The van der Waals surface area contributed by atoms with E-state index in [1.807, 2.05) is 19.9 Å². The van der Waals surface area contributed by atoms with Gasteiger partial charge in [0, 0.05) is 0 Å². The van der Waals surface area contributed by atoms with Gasteiger partial charge in [0.2, 0.25) is 5.69 Å². The van der Waals surface area contributed by atoms with Gasteiger partial charge in [-0.3, -0.25) is 0 Å². The standard InChI is InChI=1S/C20H16N2O4/c1-13-4-6-16(15(10-13)12-21)19(23)25-8-9-26-20(24)17-7-5-14(2)11-18(17)22-3/h4-7,10-11H,8-9H2,1-2H3. The lowest BCUT2D eigenvalue weighted by atomic mass is 10.1. The average Bonchev–Trinajstić information content (AvgIpc) is 2.64. The fourth-order valence-corrected chi connectivity index (χ4v) is 2.26. The molecule has 6 nitrogen and oxygen atoms in total. The Hall–Kier alpha value is -3.64. The fraction of sp³-hybridized carbons (Fsp3) is 0.200. The van der Waals surface area contributed by atoms with Crippen LogP contribution in [0, 0.1) is 31.8 Å². The molecule has 2 aromatic carbocycles. The zero-order chi connectivity index (χ0) is 19.1. The van der Waals surface area contributed by atoms with E-state index in [-0.39, 0.29) is 35.6 Å². The maximum atomic E-state index is 12.0. The summed E-state index contributed by atoms with van der Waals surface area (Å²) in [7, 11) is 0. The van der Waals surface area contributed by atoms with E-state index in [9.17, 15) is 9.59 Å². The number of esters is 2. The van der Waals surface area contributed by atoms with Crippen LogP contribution < -0.4 is 0 Å². The van der Waals surface area contributed by atoms with Crippen molar-refractivity contribution in [3.8, 4) is 6.07 Å². The number of nitriles is 1. The quantitative estimate of drug-likeness (QED) is 0.467. The normalized spacial score (nSPS) is 9.69. The van der Waals surface area contributed by atoms with Gasteiger partial charge in [0.25, 0.3) is 0 Å². The summed E-state index contributed by atoms with van der Waals surface area (Å²) in [4.78, 5) is 27.4. The molecule has 0 saturated heterocycles. The number of hydrogen-bond donors (Lipinski definition) is 0. The number of ether oxygens (including phenoxy) is 2. The molecule has 0 amide bonds. The van der Waals surface area contributed by atoms with Crippen molar-refractivity contribution in [3.63, 3.8) is 0 Å². The molecular formula is C20H16N2O4. The van der Waals surface area contributed by atoms with Gasteiger partial charge in [-0.15, -0.1) is 0 Å². The molecule has 0 aliphatic rings. The van der Waals surface area contributed by atoms with E-state index in [0.717, 1.165) is 11.1 Å². The number of nitrogens with zero attached hydrogens (tertiary/aromatic N) is 2. The number of hydrogen-bond acceptors (Lipinski definition) is 5. The van der Waals surface area contributed by atoms with Crippen LogP contribution in [0.1, 0.15) is 37.4 Å². The first-order valence-electron chi connectivity index (χ1n) is 7.79. The molecule has 0 bridgehead atoms. The summed E-state index contributed by atoms with van der Waals surface area (Å²) in [5.74, 6) is -1.31. The first-order valence-corrected chi connectivity index (χ1v) is 7.79. The van der Waals surface area contributed by atoms with Gasteiger partial charge < -0.3 is 9.47 Å². The SMILES string of the molecule is [C-]#[N+]c1cc(C)ccc1C(=O)OCCOC(=O)c1ccc(C)cc1C#N. The third-order valence-corrected chi connectivity index (χ3v) is 3.56. The Morgan fingerprint density at radius 2 is 1.54 bits per heavy atom. The van der Waals surface area contributed by atoms with Crippen molar-refractivity contribution in [1.29, 1.82) is 5.26 Å². The van der Waals surface area contributed by atoms with Crippen molar-refractivity contribution in [3.05, 3.63) is 75.6 Å². The maximum absolute atomic E-state index is 12.0. The molecule has 130 valence electrons. The van der Waals surface area contributed by atoms with Crippen molar-refractivity contribution in [1.82, 2.24) is 0 Å². The van der Waals surface area contributed by atoms with Gasteiger partial charge in [-0.2, -0.15) is 5.26 Å². The van der Waals surface area contributed by atoms with E-state index in [0.29, 0.717) is 0 Å². The summed E-state index contributed by atoms with van der Waals surface area (Å²) in [5, 5.41) is 9.08. The molecule has 0 spiro atoms. The molecule has 2 rings (SSSR count). The molecule has 0 fully saturated rings. The van der Waals surface area contributed by atoms with Crippen LogP contribution in [-0.2, 0) is 9.47 Å². The average molecular weight is 348 g/mol. The minimum Gasteiger partial charge on any atom is -0.459 e. The summed E-state index contributed by atoms with van der Waals surface area (Å²) in [5.41, 5.74) is 2.51. The number of aryl methyl sites for hydroxylation is 2. The van der Waals surface area contributed by atoms with Crippen LogP contribution in [0.3, 0.4) is 0 Å². The first-order chi connectivity index (χ1) is 12.5. The zero-order valence-corrected chi connectivity index (χ0v) is 14.4. The van der Waals surface area contributed by atoms with Crippen LogP contribution in [0.5, 0.6) is 0 Å². The van der Waals surface area contributed by atoms with Gasteiger partial charge >= 0.3 is 11.9 Å². The second kappa shape index (κ2) is 8.46. The summed E-state index contributed by atoms with van der Waals surface area (Å²) < 4.78 is 10.1.